The number of methoxy groups -OCH3 is 2. The molecule has 1 heterocycles. The molecule has 1 atom stereocenters. The van der Waals surface area contributed by atoms with Crippen LogP contribution in [-0.2, 0) is 9.59 Å². The van der Waals surface area contributed by atoms with Crippen LogP contribution < -0.4 is 14.4 Å². The minimum atomic E-state index is -0.935. The van der Waals surface area contributed by atoms with Crippen molar-refractivity contribution >= 4 is 34.7 Å². The number of halogens is 1. The number of anilines is 1. The molecule has 6 nitrogen and oxygen atoms in total. The number of carbonyl (C=O) groups is 2. The molecule has 0 aliphatic carbocycles. The van der Waals surface area contributed by atoms with Crippen LogP contribution in [-0.4, -0.2) is 31.0 Å². The Bertz CT molecular complexity index is 1380. The van der Waals surface area contributed by atoms with Gasteiger partial charge in [0.2, 0.25) is 0 Å². The zero-order valence-corrected chi connectivity index (χ0v) is 20.9. The highest BCUT2D eigenvalue weighted by Crippen LogP contribution is 2.47. The summed E-state index contributed by atoms with van der Waals surface area (Å²) < 4.78 is 11.0. The summed E-state index contributed by atoms with van der Waals surface area (Å²) in [5, 5.41) is 11.8. The normalized spacial score (nSPS) is 17.1. The van der Waals surface area contributed by atoms with E-state index in [0.29, 0.717) is 17.0 Å². The van der Waals surface area contributed by atoms with Crippen LogP contribution in [0.25, 0.3) is 5.76 Å². The van der Waals surface area contributed by atoms with E-state index < -0.39 is 17.7 Å². The highest BCUT2D eigenvalue weighted by Gasteiger charge is 2.48. The van der Waals surface area contributed by atoms with E-state index in [4.69, 9.17) is 21.1 Å². The second kappa shape index (κ2) is 9.47. The SMILES string of the molecule is COc1ccccc1C1/C(=C(\O)c2cc(C)cc(Cl)c2OC)C(=O)C(=O)N1c1cccc(C)c1C. The zero-order chi connectivity index (χ0) is 25.4. The molecule has 0 bridgehead atoms. The number of nitrogens with zero attached hydrogens (tertiary/aromatic N) is 1. The van der Waals surface area contributed by atoms with E-state index in [-0.39, 0.29) is 27.7 Å². The lowest BCUT2D eigenvalue weighted by Gasteiger charge is -2.28. The summed E-state index contributed by atoms with van der Waals surface area (Å²) in [6.07, 6.45) is 0. The van der Waals surface area contributed by atoms with Crippen molar-refractivity contribution < 1.29 is 24.2 Å². The Morgan fingerprint density at radius 2 is 1.69 bits per heavy atom. The van der Waals surface area contributed by atoms with E-state index in [1.807, 2.05) is 32.9 Å². The average molecular weight is 492 g/mol. The molecule has 1 saturated heterocycles. The Morgan fingerprint density at radius 3 is 2.37 bits per heavy atom. The van der Waals surface area contributed by atoms with Gasteiger partial charge in [-0.2, -0.15) is 0 Å². The van der Waals surface area contributed by atoms with E-state index in [1.165, 1.54) is 19.1 Å². The Morgan fingerprint density at radius 1 is 0.971 bits per heavy atom. The van der Waals surface area contributed by atoms with Gasteiger partial charge in [-0.25, -0.2) is 0 Å². The predicted octanol–water partition coefficient (Wildman–Crippen LogP) is 5.91. The van der Waals surface area contributed by atoms with Gasteiger partial charge in [-0.3, -0.25) is 14.5 Å². The lowest BCUT2D eigenvalue weighted by molar-refractivity contribution is -0.132. The quantitative estimate of drug-likeness (QED) is 0.273. The summed E-state index contributed by atoms with van der Waals surface area (Å²) in [6.45, 7) is 5.65. The number of ether oxygens (including phenoxy) is 2. The second-order valence-electron chi connectivity index (χ2n) is 8.46. The molecule has 1 fully saturated rings. The Hall–Kier alpha value is -3.77. The number of aliphatic hydroxyl groups excluding tert-OH is 1. The van der Waals surface area contributed by atoms with Gasteiger partial charge in [-0.1, -0.05) is 41.9 Å². The molecule has 1 aliphatic heterocycles. The number of ketones is 1. The number of Topliss-reactive ketones (excluding diaryl/α,β-unsaturated/α-hetero) is 1. The fraction of sp³-hybridized carbons (Fsp3) is 0.214. The Balaban J connectivity index is 2.08. The van der Waals surface area contributed by atoms with Gasteiger partial charge in [0.25, 0.3) is 11.7 Å². The predicted molar refractivity (Wildman–Crippen MR) is 136 cm³/mol. The molecule has 0 radical (unpaired) electrons. The topological polar surface area (TPSA) is 76.1 Å². The first-order chi connectivity index (χ1) is 16.7. The van der Waals surface area contributed by atoms with Crippen molar-refractivity contribution in [1.82, 2.24) is 0 Å². The Kier molecular flexibility index (Phi) is 6.59. The molecule has 1 aliphatic rings. The summed E-state index contributed by atoms with van der Waals surface area (Å²) in [4.78, 5) is 28.5. The van der Waals surface area contributed by atoms with Crippen LogP contribution in [0.5, 0.6) is 11.5 Å². The Labute approximate surface area is 209 Å². The maximum atomic E-state index is 13.5. The van der Waals surface area contributed by atoms with Crippen LogP contribution in [0.15, 0.2) is 60.2 Å². The largest absolute Gasteiger partial charge is 0.507 e. The number of benzene rings is 3. The number of para-hydroxylation sites is 1. The van der Waals surface area contributed by atoms with Crippen molar-refractivity contribution in [3.63, 3.8) is 0 Å². The minimum Gasteiger partial charge on any atom is -0.507 e. The smallest absolute Gasteiger partial charge is 0.300 e. The monoisotopic (exact) mass is 491 g/mol. The lowest BCUT2D eigenvalue weighted by atomic mass is 9.93. The molecule has 4 rings (SSSR count). The van der Waals surface area contributed by atoms with Crippen LogP contribution in [0, 0.1) is 20.8 Å². The summed E-state index contributed by atoms with van der Waals surface area (Å²) in [5.74, 6) is -1.22. The molecule has 35 heavy (non-hydrogen) atoms. The molecule has 3 aromatic rings. The van der Waals surface area contributed by atoms with Crippen LogP contribution >= 0.6 is 11.6 Å². The molecule has 3 aromatic carbocycles. The van der Waals surface area contributed by atoms with Crippen molar-refractivity contribution in [2.75, 3.05) is 19.1 Å². The molecule has 0 saturated carbocycles. The van der Waals surface area contributed by atoms with Crippen molar-refractivity contribution in [2.24, 2.45) is 0 Å². The number of carbonyl (C=O) groups excluding carboxylic acids is 2. The summed E-state index contributed by atoms with van der Waals surface area (Å²) in [6, 6.07) is 15.1. The van der Waals surface area contributed by atoms with E-state index >= 15 is 0 Å². The van der Waals surface area contributed by atoms with Gasteiger partial charge < -0.3 is 14.6 Å². The fourth-order valence-electron chi connectivity index (χ4n) is 4.52. The third-order valence-electron chi connectivity index (χ3n) is 6.36. The van der Waals surface area contributed by atoms with Gasteiger partial charge in [0.15, 0.2) is 0 Å². The van der Waals surface area contributed by atoms with Crippen LogP contribution in [0.1, 0.15) is 33.9 Å². The van der Waals surface area contributed by atoms with Crippen LogP contribution in [0.2, 0.25) is 5.02 Å². The molecule has 1 amide bonds. The van der Waals surface area contributed by atoms with Gasteiger partial charge >= 0.3 is 0 Å². The third kappa shape index (κ3) is 4.04. The first-order valence-electron chi connectivity index (χ1n) is 11.1. The first kappa shape index (κ1) is 24.4. The molecule has 0 spiro atoms. The summed E-state index contributed by atoms with van der Waals surface area (Å²) in [5.41, 5.74) is 3.89. The first-order valence-corrected chi connectivity index (χ1v) is 11.4. The number of rotatable bonds is 5. The molecule has 0 aromatic heterocycles. The fourth-order valence-corrected chi connectivity index (χ4v) is 4.87. The second-order valence-corrected chi connectivity index (χ2v) is 8.86. The average Bonchev–Trinajstić information content (AvgIpc) is 3.10. The van der Waals surface area contributed by atoms with Gasteiger partial charge in [0.1, 0.15) is 17.3 Å². The summed E-state index contributed by atoms with van der Waals surface area (Å²) in [7, 11) is 2.95. The van der Waals surface area contributed by atoms with Gasteiger partial charge in [0.05, 0.1) is 36.4 Å². The zero-order valence-electron chi connectivity index (χ0n) is 20.2. The molecular formula is C28H26ClNO5. The number of aliphatic hydroxyl groups is 1. The third-order valence-corrected chi connectivity index (χ3v) is 6.64. The van der Waals surface area contributed by atoms with Crippen LogP contribution in [0.3, 0.4) is 0 Å². The number of hydrogen-bond donors (Lipinski definition) is 1. The van der Waals surface area contributed by atoms with Gasteiger partial charge in [-0.15, -0.1) is 0 Å². The van der Waals surface area contributed by atoms with Crippen LogP contribution in [0.4, 0.5) is 5.69 Å². The van der Waals surface area contributed by atoms with Crippen molar-refractivity contribution in [1.29, 1.82) is 0 Å². The van der Waals surface area contributed by atoms with E-state index in [1.54, 1.807) is 42.5 Å². The van der Waals surface area contributed by atoms with E-state index in [0.717, 1.165) is 16.7 Å². The molecule has 7 heteroatoms. The molecule has 180 valence electrons. The standard InChI is InChI=1S/C28H26ClNO5/c1-15-13-19(27(35-5)20(29)14-15)25(31)23-24(18-10-6-7-12-22(18)34-4)30(28(33)26(23)32)21-11-8-9-16(2)17(21)3/h6-14,24,31H,1-5H3/b25-23+. The number of hydrogen-bond acceptors (Lipinski definition) is 5. The van der Waals surface area contributed by atoms with Gasteiger partial charge in [0, 0.05) is 11.3 Å². The van der Waals surface area contributed by atoms with E-state index in [2.05, 4.69) is 0 Å². The highest BCUT2D eigenvalue weighted by atomic mass is 35.5. The summed E-state index contributed by atoms with van der Waals surface area (Å²) >= 11 is 6.37. The maximum absolute atomic E-state index is 13.5. The molecule has 1 N–H and O–H groups in total. The minimum absolute atomic E-state index is 0.0691. The van der Waals surface area contributed by atoms with Crippen molar-refractivity contribution in [2.45, 2.75) is 26.8 Å². The maximum Gasteiger partial charge on any atom is 0.300 e. The van der Waals surface area contributed by atoms with Crippen molar-refractivity contribution in [3.8, 4) is 11.5 Å². The molecular weight excluding hydrogens is 466 g/mol. The van der Waals surface area contributed by atoms with E-state index in [9.17, 15) is 14.7 Å². The number of aryl methyl sites for hydroxylation is 2. The molecule has 1 unspecified atom stereocenters. The lowest BCUT2D eigenvalue weighted by Crippen LogP contribution is -2.30. The number of amides is 1. The van der Waals surface area contributed by atoms with Crippen molar-refractivity contribution in [3.05, 3.63) is 93.0 Å². The van der Waals surface area contributed by atoms with Gasteiger partial charge in [-0.05, 0) is 61.7 Å². The highest BCUT2D eigenvalue weighted by molar-refractivity contribution is 6.52.